The van der Waals surface area contributed by atoms with Gasteiger partial charge >= 0.3 is 12.1 Å². The van der Waals surface area contributed by atoms with Crippen molar-refractivity contribution in [2.45, 2.75) is 38.8 Å². The van der Waals surface area contributed by atoms with Crippen molar-refractivity contribution < 1.29 is 19.2 Å². The molecule has 6 amide bonds. The van der Waals surface area contributed by atoms with E-state index in [0.717, 1.165) is 9.80 Å². The van der Waals surface area contributed by atoms with Gasteiger partial charge in [-0.1, -0.05) is 23.2 Å². The van der Waals surface area contributed by atoms with E-state index in [0.29, 0.717) is 10.7 Å². The quantitative estimate of drug-likeness (QED) is 0.682. The maximum absolute atomic E-state index is 12.6. The molecule has 0 unspecified atom stereocenters. The number of carbonyl (C=O) groups is 4. The van der Waals surface area contributed by atoms with Crippen molar-refractivity contribution in [3.63, 3.8) is 0 Å². The van der Waals surface area contributed by atoms with Crippen molar-refractivity contribution in [2.75, 3.05) is 18.2 Å². The van der Waals surface area contributed by atoms with E-state index in [-0.39, 0.29) is 18.4 Å². The maximum Gasteiger partial charge on any atom is 0.326 e. The van der Waals surface area contributed by atoms with Gasteiger partial charge in [0.05, 0.1) is 10.7 Å². The first-order chi connectivity index (χ1) is 13.3. The summed E-state index contributed by atoms with van der Waals surface area (Å²) in [5, 5.41) is 5.83. The molecule has 0 saturated carbocycles. The van der Waals surface area contributed by atoms with Crippen LogP contribution in [0.2, 0.25) is 10.0 Å². The number of nitrogens with one attached hydrogen (secondary N) is 2. The van der Waals surface area contributed by atoms with E-state index in [4.69, 9.17) is 23.2 Å². The third-order valence-electron chi connectivity index (χ3n) is 4.76. The van der Waals surface area contributed by atoms with E-state index in [9.17, 15) is 19.2 Å². The Kier molecular flexibility index (Phi) is 5.17. The summed E-state index contributed by atoms with van der Waals surface area (Å²) in [5.74, 6) is -0.883. The highest BCUT2D eigenvalue weighted by Gasteiger charge is 2.47. The lowest BCUT2D eigenvalue weighted by molar-refractivity contribution is -0.130. The topological polar surface area (TPSA) is 102 Å². The smallest absolute Gasteiger partial charge is 0.326 e. The molecular weight excluding hydrogens is 421 g/mol. The Labute approximate surface area is 177 Å². The fourth-order valence-corrected chi connectivity index (χ4v) is 3.56. The number of hydrogen-bond acceptors (Lipinski definition) is 5. The van der Waals surface area contributed by atoms with Crippen LogP contribution in [0.15, 0.2) is 18.2 Å². The summed E-state index contributed by atoms with van der Waals surface area (Å²) in [6, 6.07) is 3.51. The number of halogens is 2. The Morgan fingerprint density at radius 1 is 0.862 bits per heavy atom. The number of anilines is 1. The molecule has 0 atom stereocenters. The highest BCUT2D eigenvalue weighted by atomic mass is 35.5. The minimum atomic E-state index is -1.07. The number of rotatable bonds is 5. The van der Waals surface area contributed by atoms with Crippen LogP contribution in [0.4, 0.5) is 15.3 Å². The number of imide groups is 2. The van der Waals surface area contributed by atoms with Gasteiger partial charge in [-0.2, -0.15) is 0 Å². The van der Waals surface area contributed by atoms with Gasteiger partial charge in [-0.15, -0.1) is 0 Å². The summed E-state index contributed by atoms with van der Waals surface area (Å²) in [5.41, 5.74) is -1.76. The van der Waals surface area contributed by atoms with Crippen LogP contribution < -0.4 is 15.5 Å². The average Bonchev–Trinajstić information content (AvgIpc) is 2.92. The normalized spacial score (nSPS) is 20.2. The number of urea groups is 2. The van der Waals surface area contributed by atoms with Crippen molar-refractivity contribution in [3.05, 3.63) is 28.2 Å². The van der Waals surface area contributed by atoms with Crippen molar-refractivity contribution in [2.24, 2.45) is 0 Å². The zero-order valence-electron chi connectivity index (χ0n) is 16.4. The molecule has 29 heavy (non-hydrogen) atoms. The Balaban J connectivity index is 1.96. The molecule has 1 aromatic carbocycles. The van der Waals surface area contributed by atoms with Crippen LogP contribution in [-0.2, 0) is 9.59 Å². The van der Waals surface area contributed by atoms with Gasteiger partial charge in [0, 0.05) is 5.02 Å². The molecular formula is C18H21Cl2N5O4. The van der Waals surface area contributed by atoms with E-state index in [1.165, 1.54) is 11.0 Å². The largest absolute Gasteiger partial charge is 0.333 e. The fraction of sp³-hybridized carbons (Fsp3) is 0.444. The summed E-state index contributed by atoms with van der Waals surface area (Å²) in [6.45, 7) is 5.89. The van der Waals surface area contributed by atoms with Crippen molar-refractivity contribution in [1.29, 1.82) is 0 Å². The Morgan fingerprint density at radius 2 is 1.31 bits per heavy atom. The van der Waals surface area contributed by atoms with Crippen molar-refractivity contribution in [3.8, 4) is 0 Å². The minimum Gasteiger partial charge on any atom is -0.333 e. The number of nitrogens with zero attached hydrogens (tertiary/aromatic N) is 3. The molecule has 0 aromatic heterocycles. The van der Waals surface area contributed by atoms with Gasteiger partial charge in [0.15, 0.2) is 0 Å². The summed E-state index contributed by atoms with van der Waals surface area (Å²) in [6.07, 6.45) is 0. The average molecular weight is 442 g/mol. The molecule has 156 valence electrons. The second-order valence-corrected chi connectivity index (χ2v) is 8.84. The summed E-state index contributed by atoms with van der Waals surface area (Å²) >= 11 is 12.4. The number of hydrogen-bond donors (Lipinski definition) is 2. The van der Waals surface area contributed by atoms with Crippen LogP contribution in [0.25, 0.3) is 0 Å². The predicted octanol–water partition coefficient (Wildman–Crippen LogP) is 2.38. The first kappa shape index (κ1) is 21.2. The van der Waals surface area contributed by atoms with Crippen LogP contribution in [0, 0.1) is 0 Å². The van der Waals surface area contributed by atoms with Crippen LogP contribution in [-0.4, -0.2) is 58.1 Å². The molecule has 2 saturated heterocycles. The number of carbonyl (C=O) groups excluding carboxylic acids is 4. The third-order valence-corrected chi connectivity index (χ3v) is 5.32. The molecule has 11 heteroatoms. The summed E-state index contributed by atoms with van der Waals surface area (Å²) in [4.78, 5) is 53.4. The standard InChI is InChI=1S/C18H21Cl2N5O4/c1-17(2)13(26)24(15(28)21-17)8-23(12-7-10(19)5-6-11(12)20)9-25-14(27)18(3,4)22-16(25)29/h5-7H,8-9H2,1-4H3,(H,21,28)(H,22,29). The molecule has 0 bridgehead atoms. The fourth-order valence-electron chi connectivity index (χ4n) is 3.16. The van der Waals surface area contributed by atoms with Crippen LogP contribution in [0.3, 0.4) is 0 Å². The second-order valence-electron chi connectivity index (χ2n) is 8.00. The molecule has 2 aliphatic rings. The van der Waals surface area contributed by atoms with E-state index in [2.05, 4.69) is 10.6 Å². The lowest BCUT2D eigenvalue weighted by atomic mass is 10.1. The monoisotopic (exact) mass is 441 g/mol. The highest BCUT2D eigenvalue weighted by Crippen LogP contribution is 2.31. The van der Waals surface area contributed by atoms with Gasteiger partial charge in [-0.25, -0.2) is 19.4 Å². The Bertz CT molecular complexity index is 870. The van der Waals surface area contributed by atoms with Crippen molar-refractivity contribution >= 4 is 52.8 Å². The van der Waals surface area contributed by atoms with Crippen LogP contribution in [0.1, 0.15) is 27.7 Å². The Morgan fingerprint density at radius 3 is 1.69 bits per heavy atom. The molecule has 0 aliphatic carbocycles. The third kappa shape index (κ3) is 3.84. The summed E-state index contributed by atoms with van der Waals surface area (Å²) in [7, 11) is 0. The molecule has 2 heterocycles. The Hall–Kier alpha value is -2.52. The zero-order valence-corrected chi connectivity index (χ0v) is 17.9. The predicted molar refractivity (Wildman–Crippen MR) is 108 cm³/mol. The summed E-state index contributed by atoms with van der Waals surface area (Å²) < 4.78 is 0. The first-order valence-corrected chi connectivity index (χ1v) is 9.57. The van der Waals surface area contributed by atoms with Crippen molar-refractivity contribution in [1.82, 2.24) is 20.4 Å². The minimum absolute atomic E-state index is 0.231. The van der Waals surface area contributed by atoms with Gasteiger partial charge in [-0.3, -0.25) is 9.59 Å². The van der Waals surface area contributed by atoms with Gasteiger partial charge in [0.2, 0.25) is 0 Å². The zero-order chi connectivity index (χ0) is 21.7. The maximum atomic E-state index is 12.6. The van der Waals surface area contributed by atoms with E-state index in [1.807, 2.05) is 0 Å². The molecule has 0 radical (unpaired) electrons. The molecule has 1 aromatic rings. The lowest BCUT2D eigenvalue weighted by Gasteiger charge is -2.32. The van der Waals surface area contributed by atoms with Gasteiger partial charge < -0.3 is 15.5 Å². The first-order valence-electron chi connectivity index (χ1n) is 8.82. The lowest BCUT2D eigenvalue weighted by Crippen LogP contribution is -2.49. The number of benzene rings is 1. The molecule has 2 N–H and O–H groups in total. The van der Waals surface area contributed by atoms with E-state index in [1.54, 1.807) is 39.8 Å². The van der Waals surface area contributed by atoms with Crippen LogP contribution >= 0.6 is 23.2 Å². The SMILES string of the molecule is CC1(C)NC(=O)N(CN(CN2C(=O)NC(C)(C)C2=O)c2cc(Cl)ccc2Cl)C1=O. The molecule has 2 aliphatic heterocycles. The highest BCUT2D eigenvalue weighted by molar-refractivity contribution is 6.35. The van der Waals surface area contributed by atoms with Gasteiger partial charge in [-0.05, 0) is 45.9 Å². The van der Waals surface area contributed by atoms with Gasteiger partial charge in [0.1, 0.15) is 24.4 Å². The number of amides is 6. The van der Waals surface area contributed by atoms with E-state index < -0.39 is 35.0 Å². The molecule has 0 spiro atoms. The van der Waals surface area contributed by atoms with Crippen LogP contribution in [0.5, 0.6) is 0 Å². The molecule has 2 fully saturated rings. The second kappa shape index (κ2) is 7.07. The molecule has 3 rings (SSSR count). The van der Waals surface area contributed by atoms with E-state index >= 15 is 0 Å². The van der Waals surface area contributed by atoms with Gasteiger partial charge in [0.25, 0.3) is 11.8 Å². The molecule has 9 nitrogen and oxygen atoms in total.